The second kappa shape index (κ2) is 13.3. The molecule has 0 heterocycles. The third kappa shape index (κ3) is 7.63. The highest BCUT2D eigenvalue weighted by Gasteiger charge is 2.33. The molecule has 1 unspecified atom stereocenters. The first-order chi connectivity index (χ1) is 18.0. The molecule has 3 rings (SSSR count). The molecule has 1 aliphatic carbocycles. The minimum atomic E-state index is -3.85. The Morgan fingerprint density at radius 1 is 1.13 bits per heavy atom. The van der Waals surface area contributed by atoms with E-state index in [1.807, 2.05) is 38.1 Å². The monoisotopic (exact) mass is 563 g/mol. The van der Waals surface area contributed by atoms with Crippen LogP contribution in [0.1, 0.15) is 56.6 Å². The van der Waals surface area contributed by atoms with Crippen molar-refractivity contribution in [2.24, 2.45) is 0 Å². The average Bonchev–Trinajstić information content (AvgIpc) is 2.88. The van der Waals surface area contributed by atoms with E-state index in [1.165, 1.54) is 24.1 Å². The minimum Gasteiger partial charge on any atom is -0.495 e. The number of nitrogens with zero attached hydrogens (tertiary/aromatic N) is 2. The third-order valence-corrected chi connectivity index (χ3v) is 8.48. The molecule has 0 radical (unpaired) electrons. The number of amides is 2. The lowest BCUT2D eigenvalue weighted by atomic mass is 9.95. The molecular formula is C28H38ClN3O5S. The van der Waals surface area contributed by atoms with Gasteiger partial charge in [-0.15, -0.1) is 0 Å². The van der Waals surface area contributed by atoms with E-state index < -0.39 is 28.5 Å². The summed E-state index contributed by atoms with van der Waals surface area (Å²) in [6, 6.07) is 11.6. The Hall–Kier alpha value is -2.78. The van der Waals surface area contributed by atoms with E-state index in [1.54, 1.807) is 6.07 Å². The molecule has 2 aromatic rings. The highest BCUT2D eigenvalue weighted by atomic mass is 35.5. The Labute approximate surface area is 231 Å². The van der Waals surface area contributed by atoms with Gasteiger partial charge in [0.05, 0.1) is 24.1 Å². The maximum atomic E-state index is 13.9. The highest BCUT2D eigenvalue weighted by molar-refractivity contribution is 7.92. The Morgan fingerprint density at radius 2 is 1.82 bits per heavy atom. The van der Waals surface area contributed by atoms with E-state index >= 15 is 0 Å². The zero-order valence-electron chi connectivity index (χ0n) is 22.6. The number of methoxy groups -OCH3 is 1. The summed E-state index contributed by atoms with van der Waals surface area (Å²) in [5.41, 5.74) is 2.11. The fourth-order valence-corrected chi connectivity index (χ4v) is 5.95. The first kappa shape index (κ1) is 29.8. The number of halogens is 1. The summed E-state index contributed by atoms with van der Waals surface area (Å²) in [4.78, 5) is 28.8. The largest absolute Gasteiger partial charge is 0.495 e. The van der Waals surface area contributed by atoms with E-state index in [4.69, 9.17) is 16.3 Å². The zero-order chi connectivity index (χ0) is 27.9. The van der Waals surface area contributed by atoms with E-state index in [2.05, 4.69) is 5.32 Å². The number of sulfonamides is 1. The van der Waals surface area contributed by atoms with Crippen LogP contribution in [0.15, 0.2) is 42.5 Å². The molecule has 1 aliphatic rings. The van der Waals surface area contributed by atoms with Crippen molar-refractivity contribution >= 4 is 39.1 Å². The van der Waals surface area contributed by atoms with E-state index in [9.17, 15) is 18.0 Å². The third-order valence-electron chi connectivity index (χ3n) is 7.04. The number of carbonyl (C=O) groups excluding carboxylic acids is 2. The number of aryl methyl sites for hydroxylation is 1. The lowest BCUT2D eigenvalue weighted by Crippen LogP contribution is -2.54. The van der Waals surface area contributed by atoms with E-state index in [-0.39, 0.29) is 29.2 Å². The Balaban J connectivity index is 1.94. The summed E-state index contributed by atoms with van der Waals surface area (Å²) in [5, 5.41) is 3.37. The van der Waals surface area contributed by atoms with Gasteiger partial charge in [-0.05, 0) is 55.5 Å². The van der Waals surface area contributed by atoms with Gasteiger partial charge >= 0.3 is 0 Å². The Morgan fingerprint density at radius 3 is 2.39 bits per heavy atom. The molecule has 2 amide bonds. The fraction of sp³-hybridized carbons (Fsp3) is 0.500. The second-order valence-electron chi connectivity index (χ2n) is 9.80. The molecule has 8 nitrogen and oxygen atoms in total. The van der Waals surface area contributed by atoms with Gasteiger partial charge in [0.1, 0.15) is 18.3 Å². The quantitative estimate of drug-likeness (QED) is 0.428. The molecule has 1 fully saturated rings. The molecule has 0 aromatic heterocycles. The van der Waals surface area contributed by atoms with Gasteiger partial charge in [0.15, 0.2) is 0 Å². The van der Waals surface area contributed by atoms with Crippen LogP contribution in [0.4, 0.5) is 5.69 Å². The molecule has 208 valence electrons. The number of rotatable bonds is 11. The van der Waals surface area contributed by atoms with Crippen molar-refractivity contribution in [3.63, 3.8) is 0 Å². The molecule has 0 bridgehead atoms. The van der Waals surface area contributed by atoms with Crippen molar-refractivity contribution < 1.29 is 22.7 Å². The lowest BCUT2D eigenvalue weighted by molar-refractivity contribution is -0.140. The normalized spacial score (nSPS) is 15.0. The molecule has 0 saturated heterocycles. The first-order valence-corrected chi connectivity index (χ1v) is 15.2. The van der Waals surface area contributed by atoms with Crippen LogP contribution in [0.5, 0.6) is 5.75 Å². The van der Waals surface area contributed by atoms with Crippen molar-refractivity contribution in [1.29, 1.82) is 0 Å². The average molecular weight is 564 g/mol. The fourth-order valence-electron chi connectivity index (χ4n) is 4.86. The van der Waals surface area contributed by atoms with E-state index in [0.717, 1.165) is 53.8 Å². The Bertz CT molecular complexity index is 1230. The van der Waals surface area contributed by atoms with Crippen molar-refractivity contribution in [2.45, 2.75) is 71.0 Å². The molecule has 0 spiro atoms. The Kier molecular flexibility index (Phi) is 10.4. The minimum absolute atomic E-state index is 0.0923. The van der Waals surface area contributed by atoms with Crippen molar-refractivity contribution in [2.75, 3.05) is 24.2 Å². The van der Waals surface area contributed by atoms with Crippen molar-refractivity contribution in [1.82, 2.24) is 10.2 Å². The molecule has 1 N–H and O–H groups in total. The number of nitrogens with one attached hydrogen (secondary N) is 1. The van der Waals surface area contributed by atoms with Crippen LogP contribution in [0.2, 0.25) is 5.02 Å². The van der Waals surface area contributed by atoms with Gasteiger partial charge in [-0.25, -0.2) is 8.42 Å². The second-order valence-corrected chi connectivity index (χ2v) is 12.1. The highest BCUT2D eigenvalue weighted by Crippen LogP contribution is 2.30. The van der Waals surface area contributed by atoms with Crippen LogP contribution >= 0.6 is 11.6 Å². The van der Waals surface area contributed by atoms with Crippen LogP contribution in [0, 0.1) is 6.92 Å². The van der Waals surface area contributed by atoms with Crippen LogP contribution in [-0.4, -0.2) is 57.1 Å². The molecule has 38 heavy (non-hydrogen) atoms. The van der Waals surface area contributed by atoms with Crippen molar-refractivity contribution in [3.8, 4) is 5.75 Å². The summed E-state index contributed by atoms with van der Waals surface area (Å²) >= 11 is 6.26. The van der Waals surface area contributed by atoms with Gasteiger partial charge in [-0.1, -0.05) is 62.1 Å². The van der Waals surface area contributed by atoms with Gasteiger partial charge in [-0.2, -0.15) is 0 Å². The van der Waals surface area contributed by atoms with Gasteiger partial charge in [-0.3, -0.25) is 13.9 Å². The van der Waals surface area contributed by atoms with Crippen LogP contribution < -0.4 is 14.4 Å². The summed E-state index contributed by atoms with van der Waals surface area (Å²) in [6.45, 7) is 3.52. The topological polar surface area (TPSA) is 96.0 Å². The summed E-state index contributed by atoms with van der Waals surface area (Å²) in [5.74, 6) is -0.294. The van der Waals surface area contributed by atoms with Crippen LogP contribution in [-0.2, 0) is 26.2 Å². The first-order valence-electron chi connectivity index (χ1n) is 13.0. The molecule has 0 aliphatic heterocycles. The predicted molar refractivity (Wildman–Crippen MR) is 151 cm³/mol. The van der Waals surface area contributed by atoms with Gasteiger partial charge in [0, 0.05) is 12.6 Å². The van der Waals surface area contributed by atoms with Crippen molar-refractivity contribution in [3.05, 3.63) is 58.6 Å². The lowest BCUT2D eigenvalue weighted by Gasteiger charge is -2.34. The molecule has 1 saturated carbocycles. The predicted octanol–water partition coefficient (Wildman–Crippen LogP) is 4.68. The van der Waals surface area contributed by atoms with Gasteiger partial charge in [0.2, 0.25) is 21.8 Å². The number of hydrogen-bond acceptors (Lipinski definition) is 5. The summed E-state index contributed by atoms with van der Waals surface area (Å²) in [7, 11) is -2.39. The molecule has 2 aromatic carbocycles. The van der Waals surface area contributed by atoms with Crippen LogP contribution in [0.25, 0.3) is 0 Å². The van der Waals surface area contributed by atoms with E-state index in [0.29, 0.717) is 12.2 Å². The van der Waals surface area contributed by atoms with Crippen LogP contribution in [0.3, 0.4) is 0 Å². The standard InChI is InChI=1S/C28H38ClN3O5S/c1-5-25(28(34)30-22-13-7-6-8-14-22)31(18-21-12-10-9-11-20(21)2)27(33)19-32(38(4,35)36)23-15-16-26(37-3)24(29)17-23/h9-12,15-17,22,25H,5-8,13-14,18-19H2,1-4H3,(H,30,34). The number of carbonyl (C=O) groups is 2. The smallest absolute Gasteiger partial charge is 0.244 e. The number of anilines is 1. The molecule has 10 heteroatoms. The van der Waals surface area contributed by atoms with Gasteiger partial charge < -0.3 is 15.0 Å². The molecule has 1 atom stereocenters. The number of hydrogen-bond donors (Lipinski definition) is 1. The summed E-state index contributed by atoms with van der Waals surface area (Å²) < 4.78 is 31.8. The number of ether oxygens (including phenoxy) is 1. The number of benzene rings is 2. The zero-order valence-corrected chi connectivity index (χ0v) is 24.1. The molecular weight excluding hydrogens is 526 g/mol. The SMILES string of the molecule is CCC(C(=O)NC1CCCCC1)N(Cc1ccccc1C)C(=O)CN(c1ccc(OC)c(Cl)c1)S(C)(=O)=O. The maximum absolute atomic E-state index is 13.9. The van der Waals surface area contributed by atoms with Gasteiger partial charge in [0.25, 0.3) is 0 Å². The summed E-state index contributed by atoms with van der Waals surface area (Å²) in [6.07, 6.45) is 6.59. The maximum Gasteiger partial charge on any atom is 0.244 e.